The molecule has 2 aromatic heterocycles. The van der Waals surface area contributed by atoms with Crippen LogP contribution in [0.25, 0.3) is 11.0 Å². The number of rotatable bonds is 3. The lowest BCUT2D eigenvalue weighted by Gasteiger charge is -2.28. The zero-order valence-corrected chi connectivity index (χ0v) is 13.0. The van der Waals surface area contributed by atoms with Crippen LogP contribution in [0.5, 0.6) is 0 Å². The van der Waals surface area contributed by atoms with Gasteiger partial charge in [-0.05, 0) is 54.2 Å². The molecule has 0 aromatic carbocycles. The van der Waals surface area contributed by atoms with Crippen LogP contribution in [0.3, 0.4) is 0 Å². The molecule has 3 heterocycles. The lowest BCUT2D eigenvalue weighted by Crippen LogP contribution is -2.32. The summed E-state index contributed by atoms with van der Waals surface area (Å²) >= 11 is 3.44. The smallest absolute Gasteiger partial charge is 0.112 e. The van der Waals surface area contributed by atoms with Crippen molar-refractivity contribution >= 4 is 32.7 Å². The minimum Gasteiger partial charge on any atom is -0.393 e. The average molecular weight is 336 g/mol. The molecule has 1 fully saturated rings. The molecular formula is C15H18BrN3O. The molecule has 2 aromatic rings. The third-order valence-electron chi connectivity index (χ3n) is 3.82. The largest absolute Gasteiger partial charge is 0.393 e. The van der Waals surface area contributed by atoms with Gasteiger partial charge in [-0.2, -0.15) is 0 Å². The van der Waals surface area contributed by atoms with E-state index >= 15 is 0 Å². The van der Waals surface area contributed by atoms with E-state index in [4.69, 9.17) is 0 Å². The molecule has 20 heavy (non-hydrogen) atoms. The lowest BCUT2D eigenvalue weighted by molar-refractivity contribution is 0.175. The number of halogens is 1. The lowest BCUT2D eigenvalue weighted by atomic mass is 10.1. The fraction of sp³-hybridized carbons (Fsp3) is 0.467. The summed E-state index contributed by atoms with van der Waals surface area (Å²) in [5, 5.41) is 9.67. The Labute approximate surface area is 127 Å². The first-order valence-corrected chi connectivity index (χ1v) is 7.79. The second-order valence-electron chi connectivity index (χ2n) is 5.43. The van der Waals surface area contributed by atoms with Crippen LogP contribution in [0.2, 0.25) is 0 Å². The molecule has 0 saturated carbocycles. The van der Waals surface area contributed by atoms with Gasteiger partial charge in [0.15, 0.2) is 0 Å². The van der Waals surface area contributed by atoms with Crippen LogP contribution < -0.4 is 4.90 Å². The van der Waals surface area contributed by atoms with Gasteiger partial charge in [0.25, 0.3) is 0 Å². The summed E-state index contributed by atoms with van der Waals surface area (Å²) in [5.74, 6) is 0. The Morgan fingerprint density at radius 3 is 3.15 bits per heavy atom. The first-order chi connectivity index (χ1) is 9.65. The first-order valence-electron chi connectivity index (χ1n) is 7.00. The van der Waals surface area contributed by atoms with Crippen LogP contribution in [0.15, 0.2) is 29.0 Å². The molecule has 3 rings (SSSR count). The maximum Gasteiger partial charge on any atom is 0.112 e. The molecule has 2 unspecified atom stereocenters. The number of anilines is 1. The van der Waals surface area contributed by atoms with Gasteiger partial charge >= 0.3 is 0 Å². The summed E-state index contributed by atoms with van der Waals surface area (Å²) in [5.41, 5.74) is 2.97. The maximum absolute atomic E-state index is 9.67. The second kappa shape index (κ2) is 5.66. The van der Waals surface area contributed by atoms with Crippen molar-refractivity contribution in [1.82, 2.24) is 9.97 Å². The Kier molecular flexibility index (Phi) is 3.89. The zero-order chi connectivity index (χ0) is 14.1. The van der Waals surface area contributed by atoms with Crippen molar-refractivity contribution < 1.29 is 5.11 Å². The van der Waals surface area contributed by atoms with Crippen molar-refractivity contribution in [1.29, 1.82) is 0 Å². The van der Waals surface area contributed by atoms with Crippen molar-refractivity contribution in [2.45, 2.75) is 38.3 Å². The summed E-state index contributed by atoms with van der Waals surface area (Å²) in [6.07, 6.45) is 6.48. The third-order valence-corrected chi connectivity index (χ3v) is 4.26. The number of fused-ring (bicyclic) bond motifs is 1. The van der Waals surface area contributed by atoms with Crippen LogP contribution in [-0.2, 0) is 0 Å². The van der Waals surface area contributed by atoms with Gasteiger partial charge in [-0.25, -0.2) is 0 Å². The minimum absolute atomic E-state index is 0.268. The van der Waals surface area contributed by atoms with Gasteiger partial charge in [-0.1, -0.05) is 0 Å². The molecule has 1 aliphatic heterocycles. The van der Waals surface area contributed by atoms with Crippen molar-refractivity contribution in [3.05, 3.63) is 29.0 Å². The number of hydrogen-bond donors (Lipinski definition) is 1. The Morgan fingerprint density at radius 2 is 2.35 bits per heavy atom. The highest BCUT2D eigenvalue weighted by Gasteiger charge is 2.27. The fourth-order valence-electron chi connectivity index (χ4n) is 3.01. The Morgan fingerprint density at radius 1 is 1.50 bits per heavy atom. The molecule has 2 atom stereocenters. The number of aliphatic hydroxyl groups excluding tert-OH is 1. The number of pyridine rings is 2. The van der Waals surface area contributed by atoms with Crippen molar-refractivity contribution in [3.63, 3.8) is 0 Å². The van der Waals surface area contributed by atoms with Crippen LogP contribution in [0.1, 0.15) is 26.2 Å². The summed E-state index contributed by atoms with van der Waals surface area (Å²) in [4.78, 5) is 11.3. The molecule has 0 radical (unpaired) electrons. The van der Waals surface area contributed by atoms with Crippen LogP contribution >= 0.6 is 15.9 Å². The molecule has 4 nitrogen and oxygen atoms in total. The number of aromatic nitrogens is 2. The molecule has 1 N–H and O–H groups in total. The van der Waals surface area contributed by atoms with Gasteiger partial charge < -0.3 is 10.0 Å². The predicted octanol–water partition coefficient (Wildman–Crippen LogP) is 3.13. The van der Waals surface area contributed by atoms with E-state index in [0.29, 0.717) is 6.04 Å². The zero-order valence-electron chi connectivity index (χ0n) is 11.5. The topological polar surface area (TPSA) is 49.2 Å². The standard InChI is InChI=1S/C15H18BrN3O/c1-10(20)7-12-3-2-6-19(12)14-4-5-17-13-8-11(16)9-18-15(13)14/h4-5,8-10,12,20H,2-3,6-7H2,1H3. The van der Waals surface area contributed by atoms with Crippen molar-refractivity contribution in [2.75, 3.05) is 11.4 Å². The SMILES string of the molecule is CC(O)CC1CCCN1c1ccnc2cc(Br)cnc12. The molecule has 5 heteroatoms. The summed E-state index contributed by atoms with van der Waals surface area (Å²) in [6.45, 7) is 2.88. The van der Waals surface area contributed by atoms with E-state index in [9.17, 15) is 5.11 Å². The van der Waals surface area contributed by atoms with Gasteiger partial charge in [-0.15, -0.1) is 0 Å². The third kappa shape index (κ3) is 2.65. The molecule has 0 aliphatic carbocycles. The summed E-state index contributed by atoms with van der Waals surface area (Å²) in [7, 11) is 0. The number of aliphatic hydroxyl groups is 1. The number of hydrogen-bond acceptors (Lipinski definition) is 4. The highest BCUT2D eigenvalue weighted by Crippen LogP contribution is 2.32. The van der Waals surface area contributed by atoms with E-state index in [1.54, 1.807) is 0 Å². The van der Waals surface area contributed by atoms with Crippen molar-refractivity contribution in [3.8, 4) is 0 Å². The van der Waals surface area contributed by atoms with E-state index in [-0.39, 0.29) is 6.10 Å². The van der Waals surface area contributed by atoms with Crippen molar-refractivity contribution in [2.24, 2.45) is 0 Å². The fourth-order valence-corrected chi connectivity index (χ4v) is 3.33. The normalized spacial score (nSPS) is 20.6. The molecule has 0 amide bonds. The van der Waals surface area contributed by atoms with Gasteiger partial charge in [0.05, 0.1) is 17.3 Å². The van der Waals surface area contributed by atoms with Gasteiger partial charge in [-0.3, -0.25) is 9.97 Å². The van der Waals surface area contributed by atoms with Gasteiger partial charge in [0.1, 0.15) is 5.52 Å². The van der Waals surface area contributed by atoms with E-state index in [1.807, 2.05) is 31.5 Å². The minimum atomic E-state index is -0.268. The van der Waals surface area contributed by atoms with Crippen LogP contribution in [-0.4, -0.2) is 33.8 Å². The molecule has 1 saturated heterocycles. The van der Waals surface area contributed by atoms with E-state index in [1.165, 1.54) is 0 Å². The predicted molar refractivity (Wildman–Crippen MR) is 83.9 cm³/mol. The first kappa shape index (κ1) is 13.8. The quantitative estimate of drug-likeness (QED) is 0.936. The van der Waals surface area contributed by atoms with Gasteiger partial charge in [0.2, 0.25) is 0 Å². The summed E-state index contributed by atoms with van der Waals surface area (Å²) < 4.78 is 0.941. The van der Waals surface area contributed by atoms with E-state index < -0.39 is 0 Å². The maximum atomic E-state index is 9.67. The second-order valence-corrected chi connectivity index (χ2v) is 6.34. The van der Waals surface area contributed by atoms with Crippen LogP contribution in [0.4, 0.5) is 5.69 Å². The Bertz CT molecular complexity index is 617. The van der Waals surface area contributed by atoms with E-state index in [0.717, 1.165) is 47.0 Å². The van der Waals surface area contributed by atoms with Gasteiger partial charge in [0, 0.05) is 29.5 Å². The molecule has 0 bridgehead atoms. The Balaban J connectivity index is 2.01. The Hall–Kier alpha value is -1.20. The average Bonchev–Trinajstić information content (AvgIpc) is 2.84. The highest BCUT2D eigenvalue weighted by atomic mass is 79.9. The summed E-state index contributed by atoms with van der Waals surface area (Å²) in [6, 6.07) is 4.42. The monoisotopic (exact) mass is 335 g/mol. The molecule has 0 spiro atoms. The van der Waals surface area contributed by atoms with E-state index in [2.05, 4.69) is 30.8 Å². The molecule has 1 aliphatic rings. The molecule has 106 valence electrons. The highest BCUT2D eigenvalue weighted by molar-refractivity contribution is 9.10. The molecular weight excluding hydrogens is 318 g/mol. The number of nitrogens with zero attached hydrogens (tertiary/aromatic N) is 3. The van der Waals surface area contributed by atoms with Crippen LogP contribution in [0, 0.1) is 0 Å².